The van der Waals surface area contributed by atoms with Crippen LogP contribution in [-0.4, -0.2) is 46.0 Å². The van der Waals surface area contributed by atoms with Crippen LogP contribution in [0.25, 0.3) is 22.2 Å². The Balaban J connectivity index is 1.39. The van der Waals surface area contributed by atoms with Crippen molar-refractivity contribution >= 4 is 28.2 Å². The van der Waals surface area contributed by atoms with Crippen LogP contribution in [0, 0.1) is 6.92 Å². The molecule has 0 aliphatic carbocycles. The van der Waals surface area contributed by atoms with Gasteiger partial charge in [-0.15, -0.1) is 11.3 Å². The molecule has 1 saturated heterocycles. The maximum Gasteiger partial charge on any atom is 0.226 e. The molecule has 146 valence electrons. The molecule has 0 amide bonds. The summed E-state index contributed by atoms with van der Waals surface area (Å²) in [5.41, 5.74) is 4.31. The van der Waals surface area contributed by atoms with E-state index in [1.54, 1.807) is 11.3 Å². The van der Waals surface area contributed by atoms with Crippen LogP contribution in [0.15, 0.2) is 60.0 Å². The third kappa shape index (κ3) is 3.86. The average Bonchev–Trinajstić information content (AvgIpc) is 3.18. The van der Waals surface area contributed by atoms with Crippen molar-refractivity contribution in [2.75, 3.05) is 31.1 Å². The Kier molecular flexibility index (Phi) is 4.96. The van der Waals surface area contributed by atoms with Crippen LogP contribution in [0.1, 0.15) is 10.7 Å². The number of aromatic nitrogens is 3. The number of hydrogen-bond donors (Lipinski definition) is 0. The Bertz CT molecular complexity index is 1120. The van der Waals surface area contributed by atoms with E-state index >= 15 is 0 Å². The molecule has 1 aliphatic rings. The van der Waals surface area contributed by atoms with Gasteiger partial charge in [0.05, 0.1) is 21.9 Å². The average molecular weight is 402 g/mol. The lowest BCUT2D eigenvalue weighted by Gasteiger charge is -2.34. The number of anilines is 1. The topological polar surface area (TPSA) is 45.2 Å². The molecule has 2 aromatic carbocycles. The molecule has 0 unspecified atom stereocenters. The molecule has 0 radical (unpaired) electrons. The van der Waals surface area contributed by atoms with Crippen LogP contribution in [0.2, 0.25) is 0 Å². The summed E-state index contributed by atoms with van der Waals surface area (Å²) < 4.78 is 0. The highest BCUT2D eigenvalue weighted by molar-refractivity contribution is 7.09. The Morgan fingerprint density at radius 1 is 0.862 bits per heavy atom. The summed E-state index contributed by atoms with van der Waals surface area (Å²) in [5, 5.41) is 4.40. The van der Waals surface area contributed by atoms with Gasteiger partial charge in [-0.3, -0.25) is 4.90 Å². The van der Waals surface area contributed by atoms with E-state index in [1.807, 2.05) is 12.1 Å². The number of nitrogens with zero attached hydrogens (tertiary/aromatic N) is 5. The third-order valence-corrected chi connectivity index (χ3v) is 6.17. The van der Waals surface area contributed by atoms with E-state index in [-0.39, 0.29) is 0 Å². The quantitative estimate of drug-likeness (QED) is 0.508. The zero-order valence-electron chi connectivity index (χ0n) is 16.5. The molecule has 0 atom stereocenters. The van der Waals surface area contributed by atoms with Gasteiger partial charge in [-0.2, -0.15) is 0 Å². The van der Waals surface area contributed by atoms with E-state index in [0.717, 1.165) is 65.8 Å². The molecule has 6 heteroatoms. The van der Waals surface area contributed by atoms with Crippen LogP contribution in [0.4, 0.5) is 5.95 Å². The number of hydrogen-bond acceptors (Lipinski definition) is 6. The van der Waals surface area contributed by atoms with Crippen LogP contribution in [0.3, 0.4) is 0 Å². The minimum atomic E-state index is 0.826. The minimum absolute atomic E-state index is 0.826. The second-order valence-corrected chi connectivity index (χ2v) is 8.44. The van der Waals surface area contributed by atoms with Crippen LogP contribution in [-0.2, 0) is 6.54 Å². The molecule has 3 heterocycles. The first-order valence-electron chi connectivity index (χ1n) is 9.97. The second kappa shape index (κ2) is 7.89. The molecule has 5 rings (SSSR count). The zero-order chi connectivity index (χ0) is 19.6. The predicted molar refractivity (Wildman–Crippen MR) is 119 cm³/mol. The van der Waals surface area contributed by atoms with Crippen molar-refractivity contribution in [2.45, 2.75) is 13.5 Å². The van der Waals surface area contributed by atoms with Gasteiger partial charge in [-0.05, 0) is 13.0 Å². The lowest BCUT2D eigenvalue weighted by atomic mass is 10.1. The summed E-state index contributed by atoms with van der Waals surface area (Å²) >= 11 is 1.72. The van der Waals surface area contributed by atoms with Crippen molar-refractivity contribution < 1.29 is 0 Å². The van der Waals surface area contributed by atoms with Gasteiger partial charge in [0.15, 0.2) is 0 Å². The standard InChI is InChI=1S/C23H23N5S/c1-17-24-19(16-29-17)15-27-11-13-28(14-12-27)23-25-21-10-6-5-9-20(21)22(26-23)18-7-3-2-4-8-18/h2-10,16H,11-15H2,1H3. The molecule has 0 N–H and O–H groups in total. The molecule has 5 nitrogen and oxygen atoms in total. The second-order valence-electron chi connectivity index (χ2n) is 7.38. The number of rotatable bonds is 4. The van der Waals surface area contributed by atoms with Crippen molar-refractivity contribution in [2.24, 2.45) is 0 Å². The highest BCUT2D eigenvalue weighted by Crippen LogP contribution is 2.28. The molecule has 29 heavy (non-hydrogen) atoms. The van der Waals surface area contributed by atoms with E-state index in [0.29, 0.717) is 0 Å². The number of fused-ring (bicyclic) bond motifs is 1. The fourth-order valence-electron chi connectivity index (χ4n) is 3.84. The fraction of sp³-hybridized carbons (Fsp3) is 0.261. The number of thiazole rings is 1. The molecule has 1 fully saturated rings. The number of piperazine rings is 1. The summed E-state index contributed by atoms with van der Waals surface area (Å²) in [7, 11) is 0. The first kappa shape index (κ1) is 18.2. The maximum absolute atomic E-state index is 4.99. The first-order chi connectivity index (χ1) is 14.3. The zero-order valence-corrected chi connectivity index (χ0v) is 17.3. The van der Waals surface area contributed by atoms with Gasteiger partial charge in [-0.25, -0.2) is 15.0 Å². The summed E-state index contributed by atoms with van der Waals surface area (Å²) in [4.78, 5) is 19.2. The fourth-order valence-corrected chi connectivity index (χ4v) is 4.44. The third-order valence-electron chi connectivity index (χ3n) is 5.35. The van der Waals surface area contributed by atoms with Crippen LogP contribution >= 0.6 is 11.3 Å². The van der Waals surface area contributed by atoms with E-state index < -0.39 is 0 Å². The monoisotopic (exact) mass is 401 g/mol. The SMILES string of the molecule is Cc1nc(CN2CCN(c3nc(-c4ccccc4)c4ccccc4n3)CC2)cs1. The van der Waals surface area contributed by atoms with Crippen molar-refractivity contribution in [1.82, 2.24) is 19.9 Å². The number of para-hydroxylation sites is 1. The van der Waals surface area contributed by atoms with Crippen LogP contribution < -0.4 is 4.90 Å². The highest BCUT2D eigenvalue weighted by Gasteiger charge is 2.21. The summed E-state index contributed by atoms with van der Waals surface area (Å²) in [6.07, 6.45) is 0. The van der Waals surface area contributed by atoms with E-state index in [9.17, 15) is 0 Å². The van der Waals surface area contributed by atoms with Gasteiger partial charge in [0, 0.05) is 49.1 Å². The van der Waals surface area contributed by atoms with Crippen molar-refractivity contribution in [1.29, 1.82) is 0 Å². The minimum Gasteiger partial charge on any atom is -0.338 e. The summed E-state index contributed by atoms with van der Waals surface area (Å²) in [6.45, 7) is 6.83. The molecule has 1 aliphatic heterocycles. The Hall–Kier alpha value is -2.83. The molecule has 0 bridgehead atoms. The first-order valence-corrected chi connectivity index (χ1v) is 10.8. The van der Waals surface area contributed by atoms with E-state index in [4.69, 9.17) is 9.97 Å². The molecule has 0 saturated carbocycles. The molecular formula is C23H23N5S. The highest BCUT2D eigenvalue weighted by atomic mass is 32.1. The molecular weight excluding hydrogens is 378 g/mol. The lowest BCUT2D eigenvalue weighted by Crippen LogP contribution is -2.46. The summed E-state index contributed by atoms with van der Waals surface area (Å²) in [5.74, 6) is 0.826. The Labute approximate surface area is 174 Å². The van der Waals surface area contributed by atoms with Crippen molar-refractivity contribution in [3.63, 3.8) is 0 Å². The van der Waals surface area contributed by atoms with Gasteiger partial charge in [0.1, 0.15) is 0 Å². The van der Waals surface area contributed by atoms with Gasteiger partial charge < -0.3 is 4.90 Å². The van der Waals surface area contributed by atoms with Crippen LogP contribution in [0.5, 0.6) is 0 Å². The summed E-state index contributed by atoms with van der Waals surface area (Å²) in [6, 6.07) is 18.7. The van der Waals surface area contributed by atoms with E-state index in [2.05, 4.69) is 69.6 Å². The Morgan fingerprint density at radius 3 is 2.38 bits per heavy atom. The lowest BCUT2D eigenvalue weighted by molar-refractivity contribution is 0.246. The van der Waals surface area contributed by atoms with Gasteiger partial charge >= 0.3 is 0 Å². The van der Waals surface area contributed by atoms with Gasteiger partial charge in [-0.1, -0.05) is 48.5 Å². The van der Waals surface area contributed by atoms with E-state index in [1.165, 1.54) is 5.69 Å². The van der Waals surface area contributed by atoms with Crippen molar-refractivity contribution in [3.8, 4) is 11.3 Å². The Morgan fingerprint density at radius 2 is 1.62 bits per heavy atom. The largest absolute Gasteiger partial charge is 0.338 e. The number of benzene rings is 2. The maximum atomic E-state index is 4.99. The van der Waals surface area contributed by atoms with Gasteiger partial charge in [0.2, 0.25) is 5.95 Å². The van der Waals surface area contributed by atoms with Gasteiger partial charge in [0.25, 0.3) is 0 Å². The molecule has 2 aromatic heterocycles. The van der Waals surface area contributed by atoms with Crippen molar-refractivity contribution in [3.05, 3.63) is 70.7 Å². The predicted octanol–water partition coefficient (Wildman–Crippen LogP) is 4.38. The smallest absolute Gasteiger partial charge is 0.226 e. The molecule has 4 aromatic rings. The number of aryl methyl sites for hydroxylation is 1. The molecule has 0 spiro atoms. The normalized spacial score (nSPS) is 15.1.